The topological polar surface area (TPSA) is 262 Å². The molecule has 2 fully saturated rings. The first-order chi connectivity index (χ1) is 23.0. The van der Waals surface area contributed by atoms with Crippen LogP contribution in [0.3, 0.4) is 0 Å². The fourth-order valence-electron chi connectivity index (χ4n) is 4.76. The lowest BCUT2D eigenvalue weighted by Gasteiger charge is -2.50. The van der Waals surface area contributed by atoms with Crippen LogP contribution >= 0.6 is 11.3 Å². The Bertz CT molecular complexity index is 1890. The summed E-state index contributed by atoms with van der Waals surface area (Å²) in [7, 11) is -3.09. The van der Waals surface area contributed by atoms with Gasteiger partial charge in [-0.3, -0.25) is 19.5 Å². The van der Waals surface area contributed by atoms with E-state index in [1.165, 1.54) is 19.2 Å². The number of nitrogens with zero attached hydrogens (tertiary/aromatic N) is 4. The first kappa shape index (κ1) is 35.4. The lowest BCUT2D eigenvalue weighted by molar-refractivity contribution is -0.656. The van der Waals surface area contributed by atoms with Crippen molar-refractivity contribution in [1.29, 1.82) is 0 Å². The Morgan fingerprint density at radius 3 is 2.43 bits per heavy atom. The number of thiazole rings is 1. The van der Waals surface area contributed by atoms with Crippen LogP contribution in [0.25, 0.3) is 11.1 Å². The number of β-lactam (4-membered cyclic amide) rings is 1. The van der Waals surface area contributed by atoms with E-state index in [4.69, 9.17) is 25.6 Å². The number of aryl methyl sites for hydroxylation is 1. The molecule has 20 heteroatoms. The molecular formula is C29H35N8O10S2+. The lowest BCUT2D eigenvalue weighted by Crippen LogP contribution is -2.76. The van der Waals surface area contributed by atoms with E-state index in [0.717, 1.165) is 41.1 Å². The molecule has 0 spiro atoms. The molecule has 1 unspecified atom stereocenters. The van der Waals surface area contributed by atoms with Gasteiger partial charge in [0.05, 0.1) is 24.3 Å². The van der Waals surface area contributed by atoms with E-state index in [9.17, 15) is 27.9 Å². The fourth-order valence-corrected chi connectivity index (χ4v) is 5.77. The van der Waals surface area contributed by atoms with Crippen molar-refractivity contribution in [1.82, 2.24) is 15.4 Å². The van der Waals surface area contributed by atoms with Crippen LogP contribution in [0.4, 0.5) is 10.9 Å². The number of anilines is 2. The average molecular weight is 720 g/mol. The summed E-state index contributed by atoms with van der Waals surface area (Å²) in [5.74, 6) is -2.19. The van der Waals surface area contributed by atoms with Gasteiger partial charge in [0.15, 0.2) is 10.8 Å². The van der Waals surface area contributed by atoms with Crippen molar-refractivity contribution < 1.29 is 50.9 Å². The Labute approximate surface area is 284 Å². The third-order valence-electron chi connectivity index (χ3n) is 7.88. The number of oxime groups is 1. The number of ether oxygens (including phenoxy) is 1. The van der Waals surface area contributed by atoms with Crippen molar-refractivity contribution in [3.63, 3.8) is 0 Å². The summed E-state index contributed by atoms with van der Waals surface area (Å²) in [6.45, 7) is 2.93. The number of carbonyl (C=O) groups excluding carboxylic acids is 2. The van der Waals surface area contributed by atoms with Crippen molar-refractivity contribution in [3.05, 3.63) is 53.7 Å². The summed E-state index contributed by atoms with van der Waals surface area (Å²) in [6, 6.07) is 9.56. The zero-order valence-corrected chi connectivity index (χ0v) is 28.2. The number of pyridine rings is 1. The Kier molecular flexibility index (Phi) is 9.79. The van der Waals surface area contributed by atoms with Crippen LogP contribution in [-0.2, 0) is 41.0 Å². The number of carboxylic acids is 1. The molecule has 0 radical (unpaired) electrons. The van der Waals surface area contributed by atoms with E-state index in [0.29, 0.717) is 17.4 Å². The summed E-state index contributed by atoms with van der Waals surface area (Å²) < 4.78 is 43.1. The molecule has 1 aliphatic carbocycles. The van der Waals surface area contributed by atoms with E-state index < -0.39 is 58.2 Å². The number of nitrogens with two attached hydrogens (primary N) is 2. The van der Waals surface area contributed by atoms with Gasteiger partial charge in [-0.05, 0) is 50.5 Å². The standard InChI is InChI=1S/C29H34N8O10S2/c1-28(2)23(25(39)37(28)47-49(42,43)44)34-24(38)22(19-14-48-27(30)33-19)35-46-20(26(40)41)13-45-18-7-4-16(5-8-18)17-6-9-21(36(3)12-17)32-15-29(31)10-11-29/h4-9,12,14,20,23H,10-11,13,15,31H2,1-3H3,(H5,30,33,34,38,40,41,42,43,44)/p+1/b35-22-/t20-,23?/m0/s1. The van der Waals surface area contributed by atoms with Crippen molar-refractivity contribution in [3.8, 4) is 16.9 Å². The molecule has 18 nitrogen and oxygen atoms in total. The van der Waals surface area contributed by atoms with E-state index in [1.807, 2.05) is 42.1 Å². The maximum atomic E-state index is 13.2. The second kappa shape index (κ2) is 13.6. The lowest BCUT2D eigenvalue weighted by atomic mass is 9.84. The van der Waals surface area contributed by atoms with Gasteiger partial charge in [0, 0.05) is 17.0 Å². The third kappa shape index (κ3) is 8.40. The maximum absolute atomic E-state index is 13.2. The van der Waals surface area contributed by atoms with E-state index in [2.05, 4.69) is 25.1 Å². The number of carbonyl (C=O) groups is 3. The molecule has 1 saturated carbocycles. The first-order valence-corrected chi connectivity index (χ1v) is 17.0. The number of nitrogens with one attached hydrogen (secondary N) is 2. The Balaban J connectivity index is 1.23. The Morgan fingerprint density at radius 1 is 1.20 bits per heavy atom. The van der Waals surface area contributed by atoms with Gasteiger partial charge in [0.25, 0.3) is 23.7 Å². The van der Waals surface area contributed by atoms with Gasteiger partial charge in [-0.15, -0.1) is 15.6 Å². The molecule has 262 valence electrons. The van der Waals surface area contributed by atoms with Gasteiger partial charge < -0.3 is 31.5 Å². The van der Waals surface area contributed by atoms with E-state index in [-0.39, 0.29) is 16.4 Å². The smallest absolute Gasteiger partial charge is 0.418 e. The highest BCUT2D eigenvalue weighted by molar-refractivity contribution is 7.80. The predicted octanol–water partition coefficient (Wildman–Crippen LogP) is 0.213. The van der Waals surface area contributed by atoms with E-state index in [1.54, 1.807) is 12.1 Å². The minimum absolute atomic E-state index is 0.0595. The van der Waals surface area contributed by atoms with Crippen LogP contribution in [0.15, 0.2) is 53.1 Å². The SMILES string of the molecule is C[n+]1cc(-c2ccc(OC[C@H](O/N=C(\C(=O)NC3C(=O)N(OS(=O)(=O)O)C3(C)C)c3csc(N)n3)C(=O)O)cc2)ccc1NCC1(N)CC1. The molecule has 1 saturated heterocycles. The molecule has 8 N–H and O–H groups in total. The molecular weight excluding hydrogens is 684 g/mol. The second-order valence-corrected chi connectivity index (χ2v) is 14.0. The highest BCUT2D eigenvalue weighted by Gasteiger charge is 2.58. The van der Waals surface area contributed by atoms with Crippen LogP contribution < -0.4 is 31.4 Å². The number of aliphatic carboxylic acids is 1. The molecule has 2 aliphatic rings. The van der Waals surface area contributed by atoms with Crippen LogP contribution in [0.5, 0.6) is 5.75 Å². The number of carboxylic acid groups (broad SMARTS) is 1. The number of hydrogen-bond acceptors (Lipinski definition) is 14. The van der Waals surface area contributed by atoms with Crippen LogP contribution in [-0.4, -0.2) is 88.0 Å². The second-order valence-electron chi connectivity index (χ2n) is 12.1. The Morgan fingerprint density at radius 2 is 1.88 bits per heavy atom. The first-order valence-electron chi connectivity index (χ1n) is 14.7. The van der Waals surface area contributed by atoms with Gasteiger partial charge >= 0.3 is 16.4 Å². The summed E-state index contributed by atoms with van der Waals surface area (Å²) in [4.78, 5) is 47.0. The van der Waals surface area contributed by atoms with Crippen molar-refractivity contribution in [2.75, 3.05) is 24.2 Å². The average Bonchev–Trinajstić information content (AvgIpc) is 3.62. The van der Waals surface area contributed by atoms with Gasteiger partial charge in [-0.1, -0.05) is 17.3 Å². The molecule has 5 rings (SSSR count). The zero-order valence-electron chi connectivity index (χ0n) is 26.5. The minimum Gasteiger partial charge on any atom is -0.489 e. The highest BCUT2D eigenvalue weighted by atomic mass is 32.3. The van der Waals surface area contributed by atoms with Crippen LogP contribution in [0, 0.1) is 0 Å². The molecule has 49 heavy (non-hydrogen) atoms. The Hall–Kier alpha value is -4.89. The molecule has 3 aromatic rings. The molecule has 2 aromatic heterocycles. The van der Waals surface area contributed by atoms with Crippen molar-refractivity contribution in [2.24, 2.45) is 17.9 Å². The number of benzene rings is 1. The van der Waals surface area contributed by atoms with E-state index >= 15 is 0 Å². The van der Waals surface area contributed by atoms with Gasteiger partial charge in [0.2, 0.25) is 0 Å². The van der Waals surface area contributed by atoms with Gasteiger partial charge in [0.1, 0.15) is 30.6 Å². The van der Waals surface area contributed by atoms with Crippen LogP contribution in [0.1, 0.15) is 32.4 Å². The summed E-state index contributed by atoms with van der Waals surface area (Å²) in [5.41, 5.74) is 11.5. The summed E-state index contributed by atoms with van der Waals surface area (Å²) in [5, 5.41) is 21.0. The third-order valence-corrected chi connectivity index (χ3v) is 8.90. The van der Waals surface area contributed by atoms with Gasteiger partial charge in [-0.2, -0.15) is 13.5 Å². The quantitative estimate of drug-likeness (QED) is 0.0404. The number of nitrogen functional groups attached to an aromatic ring is 1. The molecule has 1 aliphatic heterocycles. The molecule has 3 heterocycles. The zero-order chi connectivity index (χ0) is 35.7. The minimum atomic E-state index is -5.02. The summed E-state index contributed by atoms with van der Waals surface area (Å²) in [6.07, 6.45) is 2.30. The molecule has 0 bridgehead atoms. The number of aromatic nitrogens is 2. The number of hydroxylamine groups is 2. The molecule has 2 amide bonds. The predicted molar refractivity (Wildman–Crippen MR) is 174 cm³/mol. The fraction of sp³-hybridized carbons (Fsp3) is 0.379. The van der Waals surface area contributed by atoms with Crippen molar-refractivity contribution >= 4 is 56.2 Å². The number of rotatable bonds is 15. The van der Waals surface area contributed by atoms with Crippen molar-refractivity contribution in [2.45, 2.75) is 49.9 Å². The molecule has 2 atom stereocenters. The number of hydrogen-bond donors (Lipinski definition) is 6. The normalized spacial score (nSPS) is 18.6. The summed E-state index contributed by atoms with van der Waals surface area (Å²) >= 11 is 0.961. The van der Waals surface area contributed by atoms with Gasteiger partial charge in [-0.25, -0.2) is 14.3 Å². The van der Waals surface area contributed by atoms with Crippen LogP contribution in [0.2, 0.25) is 0 Å². The molecule has 1 aromatic carbocycles. The monoisotopic (exact) mass is 719 g/mol. The highest BCUT2D eigenvalue weighted by Crippen LogP contribution is 2.33. The number of amides is 2. The maximum Gasteiger partial charge on any atom is 0.418 e. The largest absolute Gasteiger partial charge is 0.489 e.